The number of esters is 1. The lowest BCUT2D eigenvalue weighted by atomic mass is 10.2. The van der Waals surface area contributed by atoms with Crippen molar-refractivity contribution in [2.75, 3.05) is 6.61 Å². The van der Waals surface area contributed by atoms with Crippen molar-refractivity contribution in [3.63, 3.8) is 0 Å². The van der Waals surface area contributed by atoms with Gasteiger partial charge < -0.3 is 9.72 Å². The molecule has 0 unspecified atom stereocenters. The predicted octanol–water partition coefficient (Wildman–Crippen LogP) is 2.11. The molecule has 0 atom stereocenters. The van der Waals surface area contributed by atoms with E-state index < -0.39 is 11.5 Å². The van der Waals surface area contributed by atoms with Gasteiger partial charge in [0.15, 0.2) is 0 Å². The number of fused-ring (bicyclic) bond motifs is 3. The van der Waals surface area contributed by atoms with E-state index in [9.17, 15) is 9.59 Å². The summed E-state index contributed by atoms with van der Waals surface area (Å²) in [6.07, 6.45) is 1.80. The van der Waals surface area contributed by atoms with Gasteiger partial charge >= 0.3 is 5.97 Å². The van der Waals surface area contributed by atoms with Crippen LogP contribution >= 0.6 is 15.9 Å². The maximum Gasteiger partial charge on any atom is 0.343 e. The molecule has 0 amide bonds. The Morgan fingerprint density at radius 2 is 2.30 bits per heavy atom. The van der Waals surface area contributed by atoms with Gasteiger partial charge in [-0.3, -0.25) is 9.20 Å². The van der Waals surface area contributed by atoms with Crippen LogP contribution in [0.1, 0.15) is 17.3 Å². The molecule has 0 aromatic carbocycles. The van der Waals surface area contributed by atoms with Gasteiger partial charge in [-0.05, 0) is 41.1 Å². The number of aromatic amines is 1. The summed E-state index contributed by atoms with van der Waals surface area (Å²) in [5, 5.41) is 0. The number of rotatable bonds is 2. The van der Waals surface area contributed by atoms with E-state index in [1.54, 1.807) is 17.5 Å². The van der Waals surface area contributed by atoms with Crippen LogP contribution < -0.4 is 5.56 Å². The van der Waals surface area contributed by atoms with E-state index >= 15 is 0 Å². The first-order chi connectivity index (χ1) is 9.60. The Bertz CT molecular complexity index is 882. The molecule has 0 bridgehead atoms. The van der Waals surface area contributed by atoms with Gasteiger partial charge in [0, 0.05) is 10.7 Å². The number of hydrogen-bond acceptors (Lipinski definition) is 4. The Morgan fingerprint density at radius 3 is 3.05 bits per heavy atom. The Balaban J connectivity index is 2.29. The number of hydrogen-bond donors (Lipinski definition) is 1. The Kier molecular flexibility index (Phi) is 3.06. The summed E-state index contributed by atoms with van der Waals surface area (Å²) in [5.74, 6) is -0.645. The van der Waals surface area contributed by atoms with Crippen LogP contribution in [0.2, 0.25) is 0 Å². The third-order valence-electron chi connectivity index (χ3n) is 2.86. The largest absolute Gasteiger partial charge is 0.462 e. The van der Waals surface area contributed by atoms with Gasteiger partial charge in [0.25, 0.3) is 5.56 Å². The van der Waals surface area contributed by atoms with Crippen LogP contribution in [0.3, 0.4) is 0 Å². The Labute approximate surface area is 121 Å². The van der Waals surface area contributed by atoms with E-state index in [1.165, 1.54) is 6.07 Å². The molecule has 3 rings (SSSR count). The predicted molar refractivity (Wildman–Crippen MR) is 77.0 cm³/mol. The van der Waals surface area contributed by atoms with Gasteiger partial charge in [-0.25, -0.2) is 9.78 Å². The summed E-state index contributed by atoms with van der Waals surface area (Å²) in [5.41, 5.74) is 1.23. The summed E-state index contributed by atoms with van der Waals surface area (Å²) in [7, 11) is 0. The highest BCUT2D eigenvalue weighted by molar-refractivity contribution is 9.10. The van der Waals surface area contributed by atoms with Crippen LogP contribution in [0.4, 0.5) is 0 Å². The zero-order valence-corrected chi connectivity index (χ0v) is 12.1. The highest BCUT2D eigenvalue weighted by Crippen LogP contribution is 2.17. The van der Waals surface area contributed by atoms with Crippen molar-refractivity contribution in [1.82, 2.24) is 14.4 Å². The molecule has 0 spiro atoms. The van der Waals surface area contributed by atoms with Crippen molar-refractivity contribution in [2.24, 2.45) is 0 Å². The standard InChI is InChI=1S/C13H10BrN3O3/c1-2-20-13(19)8-5-9-11(16-12(8)18)17-6-7(14)3-4-10(17)15-9/h3-6H,2H2,1H3,(H,16,18). The van der Waals surface area contributed by atoms with E-state index in [-0.39, 0.29) is 12.2 Å². The third-order valence-corrected chi connectivity index (χ3v) is 3.33. The molecular formula is C13H10BrN3O3. The average Bonchev–Trinajstić information content (AvgIpc) is 2.75. The van der Waals surface area contributed by atoms with Crippen molar-refractivity contribution >= 4 is 38.7 Å². The van der Waals surface area contributed by atoms with Crippen molar-refractivity contribution in [1.29, 1.82) is 0 Å². The molecule has 3 aromatic rings. The zero-order valence-electron chi connectivity index (χ0n) is 10.5. The van der Waals surface area contributed by atoms with Gasteiger partial charge in [-0.15, -0.1) is 0 Å². The molecule has 0 saturated heterocycles. The molecule has 102 valence electrons. The molecule has 0 radical (unpaired) electrons. The summed E-state index contributed by atoms with van der Waals surface area (Å²) >= 11 is 3.36. The number of nitrogens with zero attached hydrogens (tertiary/aromatic N) is 2. The number of imidazole rings is 1. The fourth-order valence-corrected chi connectivity index (χ4v) is 2.34. The quantitative estimate of drug-likeness (QED) is 0.727. The molecular weight excluding hydrogens is 326 g/mol. The second-order valence-corrected chi connectivity index (χ2v) is 5.07. The Hall–Kier alpha value is -2.15. The summed E-state index contributed by atoms with van der Waals surface area (Å²) < 4.78 is 7.46. The van der Waals surface area contributed by atoms with Crippen LogP contribution in [0.15, 0.2) is 33.7 Å². The van der Waals surface area contributed by atoms with E-state index in [1.807, 2.05) is 12.1 Å². The van der Waals surface area contributed by atoms with Gasteiger partial charge in [-0.1, -0.05) is 0 Å². The molecule has 0 fully saturated rings. The topological polar surface area (TPSA) is 76.5 Å². The molecule has 3 heterocycles. The summed E-state index contributed by atoms with van der Waals surface area (Å²) in [4.78, 5) is 30.7. The van der Waals surface area contributed by atoms with Crippen molar-refractivity contribution in [2.45, 2.75) is 6.92 Å². The summed E-state index contributed by atoms with van der Waals surface area (Å²) in [6, 6.07) is 5.12. The molecule has 0 aliphatic carbocycles. The molecule has 3 aromatic heterocycles. The van der Waals surface area contributed by atoms with Gasteiger partial charge in [0.05, 0.1) is 6.61 Å². The lowest BCUT2D eigenvalue weighted by Crippen LogP contribution is -2.19. The molecule has 20 heavy (non-hydrogen) atoms. The number of nitrogens with one attached hydrogen (secondary N) is 1. The number of carbonyl (C=O) groups excluding carboxylic acids is 1. The highest BCUT2D eigenvalue weighted by atomic mass is 79.9. The second-order valence-electron chi connectivity index (χ2n) is 4.15. The lowest BCUT2D eigenvalue weighted by Gasteiger charge is -2.01. The number of aromatic nitrogens is 3. The highest BCUT2D eigenvalue weighted by Gasteiger charge is 2.15. The number of pyridine rings is 2. The second kappa shape index (κ2) is 4.75. The fraction of sp³-hybridized carbons (Fsp3) is 0.154. The van der Waals surface area contributed by atoms with E-state index in [0.717, 1.165) is 4.47 Å². The first-order valence-corrected chi connectivity index (χ1v) is 6.77. The fourth-order valence-electron chi connectivity index (χ4n) is 2.00. The first-order valence-electron chi connectivity index (χ1n) is 5.98. The number of carbonyl (C=O) groups is 1. The van der Waals surface area contributed by atoms with Crippen LogP contribution in [-0.4, -0.2) is 26.9 Å². The minimum atomic E-state index is -0.645. The molecule has 7 heteroatoms. The van der Waals surface area contributed by atoms with Gasteiger partial charge in [-0.2, -0.15) is 0 Å². The lowest BCUT2D eigenvalue weighted by molar-refractivity contribution is 0.0524. The minimum absolute atomic E-state index is 0.0400. The maximum atomic E-state index is 12.0. The van der Waals surface area contributed by atoms with E-state index in [0.29, 0.717) is 16.8 Å². The normalized spacial score (nSPS) is 11.1. The van der Waals surface area contributed by atoms with Crippen molar-refractivity contribution in [3.8, 4) is 0 Å². The number of halogens is 1. The van der Waals surface area contributed by atoms with Gasteiger partial charge in [0.1, 0.15) is 22.4 Å². The SMILES string of the molecule is CCOC(=O)c1cc2nc3ccc(Br)cn3c2[nH]c1=O. The molecule has 0 aliphatic heterocycles. The third kappa shape index (κ3) is 2.00. The smallest absolute Gasteiger partial charge is 0.343 e. The van der Waals surface area contributed by atoms with Crippen LogP contribution in [0, 0.1) is 0 Å². The van der Waals surface area contributed by atoms with Gasteiger partial charge in [0.2, 0.25) is 0 Å². The first kappa shape index (κ1) is 12.9. The molecule has 0 saturated carbocycles. The minimum Gasteiger partial charge on any atom is -0.462 e. The number of H-pyrrole nitrogens is 1. The average molecular weight is 336 g/mol. The van der Waals surface area contributed by atoms with Crippen LogP contribution in [-0.2, 0) is 4.74 Å². The Morgan fingerprint density at radius 1 is 1.50 bits per heavy atom. The number of ether oxygens (including phenoxy) is 1. The molecule has 0 aliphatic rings. The van der Waals surface area contributed by atoms with E-state index in [4.69, 9.17) is 4.74 Å². The van der Waals surface area contributed by atoms with E-state index in [2.05, 4.69) is 25.9 Å². The van der Waals surface area contributed by atoms with Crippen molar-refractivity contribution in [3.05, 3.63) is 44.8 Å². The van der Waals surface area contributed by atoms with Crippen LogP contribution in [0.25, 0.3) is 16.8 Å². The monoisotopic (exact) mass is 335 g/mol. The van der Waals surface area contributed by atoms with Crippen molar-refractivity contribution < 1.29 is 9.53 Å². The maximum absolute atomic E-state index is 12.0. The van der Waals surface area contributed by atoms with Crippen LogP contribution in [0.5, 0.6) is 0 Å². The summed E-state index contributed by atoms with van der Waals surface area (Å²) in [6.45, 7) is 1.90. The molecule has 1 N–H and O–H groups in total. The zero-order chi connectivity index (χ0) is 14.3. The molecule has 6 nitrogen and oxygen atoms in total.